The van der Waals surface area contributed by atoms with Gasteiger partial charge in [-0.2, -0.15) is 0 Å². The smallest absolute Gasteiger partial charge is 0.131 e. The highest BCUT2D eigenvalue weighted by atomic mass is 16.5. The minimum atomic E-state index is 0.272. The molecule has 1 aliphatic rings. The largest absolute Gasteiger partial charge is 0.376 e. The maximum Gasteiger partial charge on any atom is 0.131 e. The van der Waals surface area contributed by atoms with E-state index >= 15 is 0 Å². The highest BCUT2D eigenvalue weighted by Crippen LogP contribution is 2.04. The molecule has 0 unspecified atom stereocenters. The molecule has 0 aromatic carbocycles. The minimum absolute atomic E-state index is 0.272. The SMILES string of the molecule is CC(=O)CCN1CCO[C@@H](C)C1. The molecule has 1 fully saturated rings. The molecular weight excluding hydrogens is 154 g/mol. The zero-order valence-electron chi connectivity index (χ0n) is 7.88. The molecule has 0 bridgehead atoms. The molecule has 0 aromatic rings. The summed E-state index contributed by atoms with van der Waals surface area (Å²) in [4.78, 5) is 13.0. The van der Waals surface area contributed by atoms with Crippen molar-refractivity contribution in [3.63, 3.8) is 0 Å². The van der Waals surface area contributed by atoms with E-state index in [4.69, 9.17) is 4.74 Å². The van der Waals surface area contributed by atoms with Crippen LogP contribution in [0.15, 0.2) is 0 Å². The van der Waals surface area contributed by atoms with Crippen LogP contribution in [0, 0.1) is 0 Å². The van der Waals surface area contributed by atoms with Crippen molar-refractivity contribution in [3.05, 3.63) is 0 Å². The Labute approximate surface area is 73.7 Å². The second kappa shape index (κ2) is 4.58. The zero-order valence-corrected chi connectivity index (χ0v) is 7.88. The van der Waals surface area contributed by atoms with Gasteiger partial charge in [0.25, 0.3) is 0 Å². The summed E-state index contributed by atoms with van der Waals surface area (Å²) >= 11 is 0. The van der Waals surface area contributed by atoms with Gasteiger partial charge in [-0.25, -0.2) is 0 Å². The average Bonchev–Trinajstić information content (AvgIpc) is 2.01. The summed E-state index contributed by atoms with van der Waals surface area (Å²) in [5, 5.41) is 0. The molecule has 0 spiro atoms. The number of rotatable bonds is 3. The van der Waals surface area contributed by atoms with E-state index in [0.717, 1.165) is 26.2 Å². The van der Waals surface area contributed by atoms with Crippen LogP contribution in [-0.2, 0) is 9.53 Å². The standard InChI is InChI=1S/C9H17NO2/c1-8(11)3-4-10-5-6-12-9(2)7-10/h9H,3-7H2,1-2H3/t9-/m0/s1. The number of ketones is 1. The van der Waals surface area contributed by atoms with Crippen LogP contribution in [0.3, 0.4) is 0 Å². The fourth-order valence-electron chi connectivity index (χ4n) is 1.41. The summed E-state index contributed by atoms with van der Waals surface area (Å²) in [6.45, 7) is 7.34. The molecule has 0 N–H and O–H groups in total. The number of carbonyl (C=O) groups excluding carboxylic acids is 1. The lowest BCUT2D eigenvalue weighted by Crippen LogP contribution is -2.41. The molecule has 3 nitrogen and oxygen atoms in total. The van der Waals surface area contributed by atoms with E-state index < -0.39 is 0 Å². The average molecular weight is 171 g/mol. The van der Waals surface area contributed by atoms with Gasteiger partial charge < -0.3 is 4.74 Å². The number of ether oxygens (including phenoxy) is 1. The van der Waals surface area contributed by atoms with Gasteiger partial charge in [0.05, 0.1) is 12.7 Å². The third-order valence-corrected chi connectivity index (χ3v) is 2.11. The Bertz CT molecular complexity index is 159. The zero-order chi connectivity index (χ0) is 8.97. The number of morpholine rings is 1. The molecule has 1 heterocycles. The quantitative estimate of drug-likeness (QED) is 0.625. The predicted molar refractivity (Wildman–Crippen MR) is 47.2 cm³/mol. The van der Waals surface area contributed by atoms with Gasteiger partial charge >= 0.3 is 0 Å². The van der Waals surface area contributed by atoms with Crippen molar-refractivity contribution in [2.24, 2.45) is 0 Å². The Hall–Kier alpha value is -0.410. The molecule has 1 atom stereocenters. The van der Waals surface area contributed by atoms with Crippen molar-refractivity contribution in [1.82, 2.24) is 4.90 Å². The first-order chi connectivity index (χ1) is 5.68. The lowest BCUT2D eigenvalue weighted by molar-refractivity contribution is -0.117. The highest BCUT2D eigenvalue weighted by molar-refractivity contribution is 5.75. The summed E-state index contributed by atoms with van der Waals surface area (Å²) in [5.41, 5.74) is 0. The highest BCUT2D eigenvalue weighted by Gasteiger charge is 2.15. The summed E-state index contributed by atoms with van der Waals surface area (Å²) in [6, 6.07) is 0. The predicted octanol–water partition coefficient (Wildman–Crippen LogP) is 0.686. The molecule has 0 radical (unpaired) electrons. The Kier molecular flexibility index (Phi) is 3.69. The number of carbonyl (C=O) groups is 1. The number of hydrogen-bond donors (Lipinski definition) is 0. The first-order valence-corrected chi connectivity index (χ1v) is 4.52. The number of Topliss-reactive ketones (excluding diaryl/α,β-unsaturated/α-hetero) is 1. The van der Waals surface area contributed by atoms with E-state index in [1.807, 2.05) is 0 Å². The van der Waals surface area contributed by atoms with Gasteiger partial charge in [0, 0.05) is 26.1 Å². The summed E-state index contributed by atoms with van der Waals surface area (Å²) in [7, 11) is 0. The van der Waals surface area contributed by atoms with Crippen LogP contribution in [0.2, 0.25) is 0 Å². The van der Waals surface area contributed by atoms with Gasteiger partial charge in [0.15, 0.2) is 0 Å². The van der Waals surface area contributed by atoms with Crippen molar-refractivity contribution >= 4 is 5.78 Å². The van der Waals surface area contributed by atoms with Crippen molar-refractivity contribution < 1.29 is 9.53 Å². The lowest BCUT2D eigenvalue weighted by atomic mass is 10.2. The van der Waals surface area contributed by atoms with Crippen LogP contribution < -0.4 is 0 Å². The van der Waals surface area contributed by atoms with E-state index in [1.165, 1.54) is 0 Å². The molecule has 1 rings (SSSR count). The molecule has 70 valence electrons. The Morgan fingerprint density at radius 3 is 3.00 bits per heavy atom. The van der Waals surface area contributed by atoms with Crippen molar-refractivity contribution in [1.29, 1.82) is 0 Å². The van der Waals surface area contributed by atoms with Crippen LogP contribution in [0.25, 0.3) is 0 Å². The van der Waals surface area contributed by atoms with Crippen molar-refractivity contribution in [2.75, 3.05) is 26.2 Å². The van der Waals surface area contributed by atoms with Gasteiger partial charge in [-0.1, -0.05) is 0 Å². The summed E-state index contributed by atoms with van der Waals surface area (Å²) in [5.74, 6) is 0.272. The molecule has 0 saturated carbocycles. The van der Waals surface area contributed by atoms with Gasteiger partial charge in [-0.3, -0.25) is 9.69 Å². The second-order valence-corrected chi connectivity index (χ2v) is 3.43. The first-order valence-electron chi connectivity index (χ1n) is 4.52. The van der Waals surface area contributed by atoms with Gasteiger partial charge in [0.1, 0.15) is 5.78 Å². The molecule has 1 aliphatic heterocycles. The maximum atomic E-state index is 10.7. The van der Waals surface area contributed by atoms with Gasteiger partial charge in [0.2, 0.25) is 0 Å². The Morgan fingerprint density at radius 2 is 2.42 bits per heavy atom. The third kappa shape index (κ3) is 3.32. The van der Waals surface area contributed by atoms with Crippen LogP contribution in [0.5, 0.6) is 0 Å². The summed E-state index contributed by atoms with van der Waals surface area (Å²) in [6.07, 6.45) is 0.998. The first kappa shape index (κ1) is 9.68. The lowest BCUT2D eigenvalue weighted by Gasteiger charge is -2.30. The van der Waals surface area contributed by atoms with Crippen LogP contribution >= 0.6 is 0 Å². The molecule has 1 saturated heterocycles. The van der Waals surface area contributed by atoms with E-state index in [0.29, 0.717) is 12.5 Å². The van der Waals surface area contributed by atoms with Crippen LogP contribution in [0.4, 0.5) is 0 Å². The fraction of sp³-hybridized carbons (Fsp3) is 0.889. The van der Waals surface area contributed by atoms with E-state index in [9.17, 15) is 4.79 Å². The molecule has 0 aromatic heterocycles. The topological polar surface area (TPSA) is 29.5 Å². The molecule has 0 aliphatic carbocycles. The Morgan fingerprint density at radius 1 is 1.67 bits per heavy atom. The summed E-state index contributed by atoms with van der Waals surface area (Å²) < 4.78 is 5.39. The van der Waals surface area contributed by atoms with Crippen LogP contribution in [0.1, 0.15) is 20.3 Å². The maximum absolute atomic E-state index is 10.7. The normalized spacial score (nSPS) is 25.7. The number of nitrogens with zero attached hydrogens (tertiary/aromatic N) is 1. The Balaban J connectivity index is 2.18. The van der Waals surface area contributed by atoms with Gasteiger partial charge in [-0.15, -0.1) is 0 Å². The second-order valence-electron chi connectivity index (χ2n) is 3.43. The van der Waals surface area contributed by atoms with Crippen molar-refractivity contribution in [2.45, 2.75) is 26.4 Å². The molecule has 3 heteroatoms. The molecular formula is C9H17NO2. The van der Waals surface area contributed by atoms with E-state index in [2.05, 4.69) is 11.8 Å². The molecule has 0 amide bonds. The monoisotopic (exact) mass is 171 g/mol. The van der Waals surface area contributed by atoms with Crippen molar-refractivity contribution in [3.8, 4) is 0 Å². The van der Waals surface area contributed by atoms with E-state index in [1.54, 1.807) is 6.92 Å². The fourth-order valence-corrected chi connectivity index (χ4v) is 1.41. The minimum Gasteiger partial charge on any atom is -0.376 e. The van der Waals surface area contributed by atoms with E-state index in [-0.39, 0.29) is 5.78 Å². The molecule has 12 heavy (non-hydrogen) atoms. The number of hydrogen-bond acceptors (Lipinski definition) is 3. The van der Waals surface area contributed by atoms with Gasteiger partial charge in [-0.05, 0) is 13.8 Å². The third-order valence-electron chi connectivity index (χ3n) is 2.11. The van der Waals surface area contributed by atoms with Crippen LogP contribution in [-0.4, -0.2) is 43.0 Å².